The number of carbonyl (C=O) groups excluding carboxylic acids is 2. The van der Waals surface area contributed by atoms with Crippen molar-refractivity contribution in [2.24, 2.45) is 50.2 Å². The van der Waals surface area contributed by atoms with Crippen LogP contribution in [0.25, 0.3) is 0 Å². The number of esters is 2. The molecule has 5 aliphatic carbocycles. The van der Waals surface area contributed by atoms with Crippen LogP contribution in [0.5, 0.6) is 0 Å². The maximum absolute atomic E-state index is 14.9. The molecular formula is C54H86O25. The number of ether oxygens (including phenoxy) is 9. The fraction of sp³-hybridized carbons (Fsp3) is 0.926. The summed E-state index contributed by atoms with van der Waals surface area (Å²) in [4.78, 5) is 28.5. The van der Waals surface area contributed by atoms with Gasteiger partial charge in [0.15, 0.2) is 18.9 Å². The molecule has 0 bridgehead atoms. The highest BCUT2D eigenvalue weighted by Crippen LogP contribution is 2.76. The summed E-state index contributed by atoms with van der Waals surface area (Å²) in [6, 6.07) is 0. The van der Waals surface area contributed by atoms with E-state index in [4.69, 9.17) is 42.6 Å². The molecule has 0 aromatic rings. The second-order valence-electron chi connectivity index (χ2n) is 25.6. The highest BCUT2D eigenvalue weighted by atomic mass is 16.8. The predicted octanol–water partition coefficient (Wildman–Crippen LogP) is -3.27. The van der Waals surface area contributed by atoms with Gasteiger partial charge in [0, 0.05) is 5.41 Å². The highest BCUT2D eigenvalue weighted by molar-refractivity contribution is 5.81. The van der Waals surface area contributed by atoms with Crippen molar-refractivity contribution in [2.75, 3.05) is 40.1 Å². The van der Waals surface area contributed by atoms with Crippen LogP contribution in [0.4, 0.5) is 0 Å². The number of rotatable bonds is 13. The number of aliphatic hydroxyl groups is 14. The van der Waals surface area contributed by atoms with Crippen molar-refractivity contribution in [1.82, 2.24) is 0 Å². The van der Waals surface area contributed by atoms with Gasteiger partial charge in [-0.1, -0.05) is 39.3 Å². The van der Waals surface area contributed by atoms with Crippen molar-refractivity contribution in [3.63, 3.8) is 0 Å². The van der Waals surface area contributed by atoms with E-state index in [1.807, 2.05) is 13.8 Å². The van der Waals surface area contributed by atoms with Gasteiger partial charge < -0.3 is 114 Å². The van der Waals surface area contributed by atoms with Crippen LogP contribution < -0.4 is 0 Å². The minimum absolute atomic E-state index is 0.0128. The predicted molar refractivity (Wildman–Crippen MR) is 265 cm³/mol. The maximum atomic E-state index is 14.9. The van der Waals surface area contributed by atoms with Crippen LogP contribution in [-0.2, 0) is 52.2 Å². The molecule has 0 amide bonds. The zero-order chi connectivity index (χ0) is 57.7. The van der Waals surface area contributed by atoms with Gasteiger partial charge in [0.25, 0.3) is 0 Å². The topological polar surface area (TPSA) is 400 Å². The van der Waals surface area contributed by atoms with Crippen molar-refractivity contribution in [3.8, 4) is 0 Å². The normalized spacial score (nSPS) is 53.8. The minimum Gasteiger partial charge on any atom is -0.469 e. The Morgan fingerprint density at radius 3 is 1.68 bits per heavy atom. The lowest BCUT2D eigenvalue weighted by atomic mass is 9.33. The van der Waals surface area contributed by atoms with E-state index in [1.165, 1.54) is 7.11 Å². The lowest BCUT2D eigenvalue weighted by Crippen LogP contribution is -2.67. The van der Waals surface area contributed by atoms with Crippen LogP contribution in [0.3, 0.4) is 0 Å². The molecule has 9 rings (SSSR count). The summed E-state index contributed by atoms with van der Waals surface area (Å²) >= 11 is 0. The third kappa shape index (κ3) is 9.85. The minimum atomic E-state index is -1.92. The van der Waals surface area contributed by atoms with Crippen molar-refractivity contribution in [1.29, 1.82) is 0 Å². The number of aliphatic hydroxyl groups excluding tert-OH is 14. The summed E-state index contributed by atoms with van der Waals surface area (Å²) in [6.45, 7) is 7.52. The Labute approximate surface area is 458 Å². The smallest absolute Gasteiger partial charge is 0.315 e. The number of methoxy groups -OCH3 is 1. The van der Waals surface area contributed by atoms with E-state index in [-0.39, 0.29) is 31.3 Å². The SMILES string of the molecule is COC(=O)C1(C)CCC2(C(=O)OC3OC(CO)C(O)C(O)C3O)CCC3(C)C(=CCC4C5(C)CCC(OC6OCC(OC7OC(CO)C(O)C(O)C7O)C(O)C6OC6OC(CO)C(O)C(O)C6O)C(C)(CO)C5CCC43C)C2C1. The molecule has 14 N–H and O–H groups in total. The first-order valence-electron chi connectivity index (χ1n) is 28.0. The molecule has 79 heavy (non-hydrogen) atoms. The van der Waals surface area contributed by atoms with E-state index in [0.29, 0.717) is 51.4 Å². The molecular weight excluding hydrogens is 1050 g/mol. The molecule has 8 fully saturated rings. The summed E-state index contributed by atoms with van der Waals surface area (Å²) in [5.74, 6) is -1.78. The second kappa shape index (κ2) is 22.7. The van der Waals surface area contributed by atoms with E-state index in [2.05, 4.69) is 26.8 Å². The Hall–Kier alpha value is -2.16. The fourth-order valence-corrected chi connectivity index (χ4v) is 16.5. The van der Waals surface area contributed by atoms with Gasteiger partial charge in [0.1, 0.15) is 91.6 Å². The number of hydrogen-bond acceptors (Lipinski definition) is 25. The fourth-order valence-electron chi connectivity index (χ4n) is 16.5. The summed E-state index contributed by atoms with van der Waals surface area (Å²) in [5, 5.41) is 149. The van der Waals surface area contributed by atoms with Gasteiger partial charge in [-0.05, 0) is 105 Å². The zero-order valence-electron chi connectivity index (χ0n) is 45.7. The van der Waals surface area contributed by atoms with Crippen LogP contribution in [0.1, 0.15) is 98.8 Å². The second-order valence-corrected chi connectivity index (χ2v) is 25.6. The average molecular weight is 1140 g/mol. The summed E-state index contributed by atoms with van der Waals surface area (Å²) < 4.78 is 53.4. The van der Waals surface area contributed by atoms with Crippen molar-refractivity contribution >= 4 is 11.9 Å². The Bertz CT molecular complexity index is 2200. The molecule has 0 radical (unpaired) electrons. The van der Waals surface area contributed by atoms with Gasteiger partial charge in [-0.2, -0.15) is 0 Å². The van der Waals surface area contributed by atoms with E-state index >= 15 is 0 Å². The number of allylic oxidation sites excluding steroid dienone is 2. The summed E-state index contributed by atoms with van der Waals surface area (Å²) in [5.41, 5.74) is -3.49. The van der Waals surface area contributed by atoms with Gasteiger partial charge in [0.05, 0.1) is 57.1 Å². The molecule has 0 aromatic carbocycles. The molecule has 452 valence electrons. The number of hydrogen-bond donors (Lipinski definition) is 14. The standard InChI is InChI=1S/C54H86O25/c1-49(47(69)71-6)13-15-54(48(70)79-45-41(68)38(65)34(61)27(20-57)75-45)16-14-52(4)23(24(54)17-49)7-8-30-50(2)11-10-31(51(3,22-58)29(50)9-12-53(30,52)5)77-46-42(78-44-40(67)37(64)33(60)26(19-56)74-44)35(62)28(21-72-46)76-43-39(66)36(63)32(59)25(18-55)73-43/h7,24-46,55-68H,8-22H2,1-6H3. The molecule has 29 atom stereocenters. The van der Waals surface area contributed by atoms with Crippen molar-refractivity contribution in [3.05, 3.63) is 11.6 Å². The maximum Gasteiger partial charge on any atom is 0.315 e. The zero-order valence-corrected chi connectivity index (χ0v) is 45.7. The molecule has 4 saturated heterocycles. The van der Waals surface area contributed by atoms with Gasteiger partial charge >= 0.3 is 11.9 Å². The molecule has 4 heterocycles. The third-order valence-corrected chi connectivity index (χ3v) is 21.7. The van der Waals surface area contributed by atoms with Crippen LogP contribution >= 0.6 is 0 Å². The van der Waals surface area contributed by atoms with E-state index in [0.717, 1.165) is 5.57 Å². The molecule has 9 aliphatic rings. The highest BCUT2D eigenvalue weighted by Gasteiger charge is 2.71. The molecule has 4 aliphatic heterocycles. The van der Waals surface area contributed by atoms with Crippen molar-refractivity contribution in [2.45, 2.75) is 222 Å². The number of fused-ring (bicyclic) bond motifs is 7. The molecule has 0 aromatic heterocycles. The molecule has 25 heteroatoms. The van der Waals surface area contributed by atoms with Crippen LogP contribution in [0, 0.1) is 50.2 Å². The first-order chi connectivity index (χ1) is 37.2. The van der Waals surface area contributed by atoms with Gasteiger partial charge in [-0.15, -0.1) is 0 Å². The molecule has 29 unspecified atom stereocenters. The Morgan fingerprint density at radius 2 is 1.13 bits per heavy atom. The quantitative estimate of drug-likeness (QED) is 0.0489. The van der Waals surface area contributed by atoms with Gasteiger partial charge in [-0.3, -0.25) is 9.59 Å². The molecule has 0 spiro atoms. The van der Waals surface area contributed by atoms with Crippen LogP contribution in [0.15, 0.2) is 11.6 Å². The van der Waals surface area contributed by atoms with Crippen LogP contribution in [-0.4, -0.2) is 246 Å². The largest absolute Gasteiger partial charge is 0.469 e. The molecule has 4 saturated carbocycles. The van der Waals surface area contributed by atoms with E-state index in [9.17, 15) is 81.1 Å². The lowest BCUT2D eigenvalue weighted by Gasteiger charge is -2.71. The van der Waals surface area contributed by atoms with Crippen LogP contribution in [0.2, 0.25) is 0 Å². The first-order valence-corrected chi connectivity index (χ1v) is 28.0. The third-order valence-electron chi connectivity index (χ3n) is 21.7. The molecule has 25 nitrogen and oxygen atoms in total. The Kier molecular flexibility index (Phi) is 17.6. The lowest BCUT2D eigenvalue weighted by molar-refractivity contribution is -0.383. The Balaban J connectivity index is 0.988. The van der Waals surface area contributed by atoms with Crippen molar-refractivity contribution < 1.29 is 124 Å². The Morgan fingerprint density at radius 1 is 0.582 bits per heavy atom. The van der Waals surface area contributed by atoms with E-state index < -0.39 is 200 Å². The van der Waals surface area contributed by atoms with Gasteiger partial charge in [0.2, 0.25) is 6.29 Å². The monoisotopic (exact) mass is 1130 g/mol. The summed E-state index contributed by atoms with van der Waals surface area (Å²) in [7, 11) is 1.34. The first kappa shape index (κ1) is 61.4. The van der Waals surface area contributed by atoms with Gasteiger partial charge in [-0.25, -0.2) is 0 Å². The van der Waals surface area contributed by atoms with E-state index in [1.54, 1.807) is 0 Å². The average Bonchev–Trinajstić information content (AvgIpc) is 3.58. The number of carbonyl (C=O) groups is 2. The summed E-state index contributed by atoms with van der Waals surface area (Å²) in [6.07, 6.45) is -25.7.